The summed E-state index contributed by atoms with van der Waals surface area (Å²) in [4.78, 5) is 14.9. The summed E-state index contributed by atoms with van der Waals surface area (Å²) in [6.45, 7) is 2.02. The highest BCUT2D eigenvalue weighted by Crippen LogP contribution is 2.46. The van der Waals surface area contributed by atoms with E-state index in [2.05, 4.69) is 6.07 Å². The second kappa shape index (κ2) is 7.48. The molecule has 0 saturated heterocycles. The summed E-state index contributed by atoms with van der Waals surface area (Å²) in [5.74, 6) is 0.760. The fourth-order valence-electron chi connectivity index (χ4n) is 4.20. The van der Waals surface area contributed by atoms with E-state index in [0.29, 0.717) is 23.4 Å². The number of allylic oxidation sites excluding steroid dienone is 3. The molecule has 1 heterocycles. The highest BCUT2D eigenvalue weighted by Gasteiger charge is 2.40. The molecule has 2 aliphatic rings. The van der Waals surface area contributed by atoms with Gasteiger partial charge in [0.15, 0.2) is 5.78 Å². The summed E-state index contributed by atoms with van der Waals surface area (Å²) in [7, 11) is 1.61. The van der Waals surface area contributed by atoms with Gasteiger partial charge in [-0.2, -0.15) is 5.26 Å². The number of hydrogen-bond acceptors (Lipinski definition) is 5. The van der Waals surface area contributed by atoms with Crippen LogP contribution in [0.15, 0.2) is 71.2 Å². The van der Waals surface area contributed by atoms with Crippen molar-refractivity contribution < 1.29 is 9.53 Å². The van der Waals surface area contributed by atoms with E-state index in [1.165, 1.54) is 0 Å². The molecule has 0 spiro atoms. The molecule has 0 saturated carbocycles. The van der Waals surface area contributed by atoms with Crippen LogP contribution in [0.1, 0.15) is 36.3 Å². The van der Waals surface area contributed by atoms with Crippen LogP contribution in [-0.2, 0) is 4.79 Å². The SMILES string of the molecule is COc1ccc(C2C(C#N)=C(N)N(c3ccc(C)cc3)C3=C2C(=O)CCC3)cc1. The summed E-state index contributed by atoms with van der Waals surface area (Å²) in [5.41, 5.74) is 11.4. The van der Waals surface area contributed by atoms with Crippen LogP contribution < -0.4 is 15.4 Å². The Morgan fingerprint density at radius 2 is 1.79 bits per heavy atom. The van der Waals surface area contributed by atoms with Gasteiger partial charge < -0.3 is 10.5 Å². The van der Waals surface area contributed by atoms with Gasteiger partial charge in [0.2, 0.25) is 0 Å². The minimum atomic E-state index is -0.449. The first-order valence-corrected chi connectivity index (χ1v) is 9.72. The zero-order valence-electron chi connectivity index (χ0n) is 16.6. The van der Waals surface area contributed by atoms with Crippen molar-refractivity contribution in [2.24, 2.45) is 5.73 Å². The summed E-state index contributed by atoms with van der Waals surface area (Å²) < 4.78 is 5.25. The number of anilines is 1. The van der Waals surface area contributed by atoms with Crippen molar-refractivity contribution in [1.82, 2.24) is 0 Å². The molecule has 0 bridgehead atoms. The first-order chi connectivity index (χ1) is 14.0. The molecule has 4 rings (SSSR count). The summed E-state index contributed by atoms with van der Waals surface area (Å²) >= 11 is 0. The van der Waals surface area contributed by atoms with Gasteiger partial charge in [0.05, 0.1) is 24.7 Å². The van der Waals surface area contributed by atoms with Gasteiger partial charge in [-0.3, -0.25) is 9.69 Å². The Bertz CT molecular complexity index is 1060. The fraction of sp³-hybridized carbons (Fsp3) is 0.250. The number of rotatable bonds is 3. The lowest BCUT2D eigenvalue weighted by molar-refractivity contribution is -0.116. The number of nitrogens with zero attached hydrogens (tertiary/aromatic N) is 2. The molecule has 5 nitrogen and oxygen atoms in total. The topological polar surface area (TPSA) is 79.3 Å². The van der Waals surface area contributed by atoms with E-state index in [4.69, 9.17) is 10.5 Å². The zero-order valence-corrected chi connectivity index (χ0v) is 16.6. The molecule has 0 fully saturated rings. The third-order valence-electron chi connectivity index (χ3n) is 5.65. The van der Waals surface area contributed by atoms with Crippen LogP contribution in [0.3, 0.4) is 0 Å². The molecular weight excluding hydrogens is 362 g/mol. The van der Waals surface area contributed by atoms with Gasteiger partial charge in [-0.25, -0.2) is 0 Å². The maximum absolute atomic E-state index is 13.1. The molecule has 1 unspecified atom stereocenters. The second-order valence-corrected chi connectivity index (χ2v) is 7.42. The maximum Gasteiger partial charge on any atom is 0.161 e. The number of ketones is 1. The average Bonchev–Trinajstić information content (AvgIpc) is 2.74. The first kappa shape index (κ1) is 18.8. The molecule has 1 atom stereocenters. The lowest BCUT2D eigenvalue weighted by Gasteiger charge is -2.39. The summed E-state index contributed by atoms with van der Waals surface area (Å²) in [6, 6.07) is 17.8. The first-order valence-electron chi connectivity index (χ1n) is 9.72. The van der Waals surface area contributed by atoms with Crippen molar-refractivity contribution in [3.05, 3.63) is 82.3 Å². The molecule has 1 aliphatic heterocycles. The number of ether oxygens (including phenoxy) is 1. The predicted octanol–water partition coefficient (Wildman–Crippen LogP) is 4.31. The van der Waals surface area contributed by atoms with Crippen molar-refractivity contribution in [2.75, 3.05) is 12.0 Å². The lowest BCUT2D eigenvalue weighted by Crippen LogP contribution is -2.38. The smallest absolute Gasteiger partial charge is 0.161 e. The Balaban J connectivity index is 1.92. The van der Waals surface area contributed by atoms with Crippen molar-refractivity contribution in [3.8, 4) is 11.8 Å². The van der Waals surface area contributed by atoms with E-state index in [9.17, 15) is 10.1 Å². The zero-order chi connectivity index (χ0) is 20.5. The average molecular weight is 385 g/mol. The number of nitriles is 1. The van der Waals surface area contributed by atoms with Gasteiger partial charge in [0.25, 0.3) is 0 Å². The van der Waals surface area contributed by atoms with Gasteiger partial charge in [-0.1, -0.05) is 29.8 Å². The molecule has 2 N–H and O–H groups in total. The lowest BCUT2D eigenvalue weighted by atomic mass is 9.75. The van der Waals surface area contributed by atoms with Crippen molar-refractivity contribution in [3.63, 3.8) is 0 Å². The van der Waals surface area contributed by atoms with E-state index in [-0.39, 0.29) is 5.78 Å². The summed E-state index contributed by atoms with van der Waals surface area (Å²) in [6.07, 6.45) is 2.03. The number of methoxy groups -OCH3 is 1. The van der Waals surface area contributed by atoms with Crippen molar-refractivity contribution in [2.45, 2.75) is 32.1 Å². The molecule has 146 valence electrons. The molecule has 2 aromatic carbocycles. The molecule has 1 aliphatic carbocycles. The van der Waals surface area contributed by atoms with Crippen LogP contribution in [0.25, 0.3) is 0 Å². The van der Waals surface area contributed by atoms with Crippen LogP contribution in [0.2, 0.25) is 0 Å². The third-order valence-corrected chi connectivity index (χ3v) is 5.65. The number of aryl methyl sites for hydroxylation is 1. The van der Waals surface area contributed by atoms with E-state index >= 15 is 0 Å². The van der Waals surface area contributed by atoms with Crippen LogP contribution in [-0.4, -0.2) is 12.9 Å². The third kappa shape index (κ3) is 3.17. The standard InChI is InChI=1S/C24H23N3O2/c1-15-6-10-17(11-7-15)27-20-4-3-5-21(28)23(20)22(19(14-25)24(27)26)16-8-12-18(29-2)13-9-16/h6-13,22H,3-5,26H2,1-2H3. The van der Waals surface area contributed by atoms with Gasteiger partial charge in [-0.05, 0) is 49.6 Å². The summed E-state index contributed by atoms with van der Waals surface area (Å²) in [5, 5.41) is 10.0. The van der Waals surface area contributed by atoms with Crippen LogP contribution >= 0.6 is 0 Å². The van der Waals surface area contributed by atoms with Gasteiger partial charge in [-0.15, -0.1) is 0 Å². The van der Waals surface area contributed by atoms with Gasteiger partial charge in [0.1, 0.15) is 11.6 Å². The number of carbonyl (C=O) groups excluding carboxylic acids is 1. The number of carbonyl (C=O) groups is 1. The highest BCUT2D eigenvalue weighted by molar-refractivity contribution is 6.01. The number of benzene rings is 2. The Labute approximate surface area is 170 Å². The maximum atomic E-state index is 13.1. The van der Waals surface area contributed by atoms with Gasteiger partial charge >= 0.3 is 0 Å². The van der Waals surface area contributed by atoms with E-state index < -0.39 is 5.92 Å². The fourth-order valence-corrected chi connectivity index (χ4v) is 4.20. The number of Topliss-reactive ketones (excluding diaryl/α,β-unsaturated/α-hetero) is 1. The highest BCUT2D eigenvalue weighted by atomic mass is 16.5. The van der Waals surface area contributed by atoms with Crippen LogP contribution in [0.5, 0.6) is 5.75 Å². The Morgan fingerprint density at radius 3 is 2.41 bits per heavy atom. The molecule has 0 radical (unpaired) electrons. The Morgan fingerprint density at radius 1 is 1.10 bits per heavy atom. The minimum absolute atomic E-state index is 0.0874. The molecule has 0 amide bonds. The Hall–Kier alpha value is -3.52. The van der Waals surface area contributed by atoms with E-state index in [0.717, 1.165) is 41.1 Å². The number of nitrogens with two attached hydrogens (primary N) is 1. The Kier molecular flexibility index (Phi) is 4.85. The second-order valence-electron chi connectivity index (χ2n) is 7.42. The van der Waals surface area contributed by atoms with Crippen LogP contribution in [0, 0.1) is 18.3 Å². The number of hydrogen-bond donors (Lipinski definition) is 1. The van der Waals surface area contributed by atoms with E-state index in [1.807, 2.05) is 60.4 Å². The minimum Gasteiger partial charge on any atom is -0.497 e. The van der Waals surface area contributed by atoms with Crippen LogP contribution in [0.4, 0.5) is 5.69 Å². The largest absolute Gasteiger partial charge is 0.497 e. The predicted molar refractivity (Wildman–Crippen MR) is 112 cm³/mol. The molecule has 5 heteroatoms. The monoisotopic (exact) mass is 385 g/mol. The van der Waals surface area contributed by atoms with Crippen molar-refractivity contribution >= 4 is 11.5 Å². The molecule has 2 aromatic rings. The normalized spacial score (nSPS) is 19.1. The molecule has 0 aromatic heterocycles. The van der Waals surface area contributed by atoms with Gasteiger partial charge in [0, 0.05) is 23.4 Å². The molecular formula is C24H23N3O2. The van der Waals surface area contributed by atoms with Crippen molar-refractivity contribution in [1.29, 1.82) is 5.26 Å². The van der Waals surface area contributed by atoms with E-state index in [1.54, 1.807) is 7.11 Å². The molecule has 29 heavy (non-hydrogen) atoms. The quantitative estimate of drug-likeness (QED) is 0.852.